The Morgan fingerprint density at radius 3 is 2.57 bits per heavy atom. The van der Waals surface area contributed by atoms with E-state index in [9.17, 15) is 4.79 Å². The van der Waals surface area contributed by atoms with Crippen molar-refractivity contribution in [1.29, 1.82) is 0 Å². The minimum absolute atomic E-state index is 0.00507. The Balaban J connectivity index is 1.68. The molecule has 126 valence electrons. The van der Waals surface area contributed by atoms with Gasteiger partial charge in [-0.05, 0) is 24.3 Å². The van der Waals surface area contributed by atoms with Gasteiger partial charge in [-0.15, -0.1) is 0 Å². The van der Waals surface area contributed by atoms with Gasteiger partial charge in [0, 0.05) is 52.2 Å². The molecule has 2 aliphatic heterocycles. The Morgan fingerprint density at radius 1 is 1.30 bits per heavy atom. The number of hydrogen-bond donors (Lipinski definition) is 2. The number of hydrazine groups is 1. The molecule has 2 unspecified atom stereocenters. The van der Waals surface area contributed by atoms with Gasteiger partial charge in [-0.25, -0.2) is 9.97 Å². The van der Waals surface area contributed by atoms with Gasteiger partial charge in [-0.1, -0.05) is 6.92 Å². The lowest BCUT2D eigenvalue weighted by Gasteiger charge is -2.44. The molecule has 7 nitrogen and oxygen atoms in total. The number of carbonyl (C=O) groups excluding carboxylic acids is 1. The van der Waals surface area contributed by atoms with E-state index >= 15 is 0 Å². The molecular weight excluding hydrogens is 292 g/mol. The van der Waals surface area contributed by atoms with Crippen molar-refractivity contribution in [3.8, 4) is 0 Å². The number of piperidine rings is 1. The molecule has 0 spiro atoms. The fraction of sp³-hybridized carbons (Fsp3) is 0.688. The van der Waals surface area contributed by atoms with Gasteiger partial charge in [0.1, 0.15) is 0 Å². The highest BCUT2D eigenvalue weighted by molar-refractivity contribution is 5.79. The van der Waals surface area contributed by atoms with Crippen LogP contribution in [0.4, 0.5) is 5.95 Å². The first kappa shape index (κ1) is 16.1. The Labute approximate surface area is 137 Å². The number of hydrogen-bond acceptors (Lipinski definition) is 6. The topological polar surface area (TPSA) is 73.4 Å². The fourth-order valence-corrected chi connectivity index (χ4v) is 3.70. The van der Waals surface area contributed by atoms with E-state index in [1.165, 1.54) is 0 Å². The van der Waals surface area contributed by atoms with E-state index in [1.807, 2.05) is 20.2 Å². The molecule has 23 heavy (non-hydrogen) atoms. The number of nitrogens with zero attached hydrogens (tertiary/aromatic N) is 4. The monoisotopic (exact) mass is 318 g/mol. The molecule has 0 saturated carbocycles. The highest BCUT2D eigenvalue weighted by Gasteiger charge is 2.46. The van der Waals surface area contributed by atoms with Gasteiger partial charge in [0.25, 0.3) is 0 Å². The molecular formula is C16H26N6O. The summed E-state index contributed by atoms with van der Waals surface area (Å²) in [5.41, 5.74) is 6.64. The van der Waals surface area contributed by atoms with Crippen LogP contribution in [0, 0.1) is 11.3 Å². The standard InChI is InChI=1S/C16H26N6O/c1-16(13-12(11-19-20-13)14(23)21(2)3)5-9-22(10-6-16)15-17-7-4-8-18-15/h4,7-8,12-13,19-20H,5-6,9-11H2,1-3H3. The summed E-state index contributed by atoms with van der Waals surface area (Å²) in [6, 6.07) is 2.00. The Bertz CT molecular complexity index is 541. The van der Waals surface area contributed by atoms with E-state index in [1.54, 1.807) is 17.3 Å². The van der Waals surface area contributed by atoms with Gasteiger partial charge < -0.3 is 9.80 Å². The normalized spacial score (nSPS) is 27.0. The number of aromatic nitrogens is 2. The second kappa shape index (κ2) is 6.41. The van der Waals surface area contributed by atoms with E-state index in [0.29, 0.717) is 6.54 Å². The predicted octanol–water partition coefficient (Wildman–Crippen LogP) is 0.264. The minimum Gasteiger partial charge on any atom is -0.348 e. The van der Waals surface area contributed by atoms with Crippen LogP contribution in [0.2, 0.25) is 0 Å². The van der Waals surface area contributed by atoms with Crippen LogP contribution in [0.15, 0.2) is 18.5 Å². The quantitative estimate of drug-likeness (QED) is 0.833. The smallest absolute Gasteiger partial charge is 0.228 e. The molecule has 0 aromatic carbocycles. The maximum atomic E-state index is 12.4. The van der Waals surface area contributed by atoms with Crippen molar-refractivity contribution >= 4 is 11.9 Å². The molecule has 2 saturated heterocycles. The predicted molar refractivity (Wildman–Crippen MR) is 88.7 cm³/mol. The zero-order valence-electron chi connectivity index (χ0n) is 14.1. The first-order chi connectivity index (χ1) is 11.0. The fourth-order valence-electron chi connectivity index (χ4n) is 3.70. The van der Waals surface area contributed by atoms with Crippen molar-refractivity contribution in [3.63, 3.8) is 0 Å². The lowest BCUT2D eigenvalue weighted by molar-refractivity contribution is -0.134. The molecule has 1 aromatic rings. The van der Waals surface area contributed by atoms with E-state index in [2.05, 4.69) is 32.6 Å². The summed E-state index contributed by atoms with van der Waals surface area (Å²) in [6.45, 7) is 4.82. The molecule has 0 aliphatic carbocycles. The second-order valence-corrected chi connectivity index (χ2v) is 7.03. The summed E-state index contributed by atoms with van der Waals surface area (Å²) in [7, 11) is 3.66. The first-order valence-electron chi connectivity index (χ1n) is 8.23. The molecule has 0 bridgehead atoms. The van der Waals surface area contributed by atoms with E-state index in [-0.39, 0.29) is 23.3 Å². The first-order valence-corrected chi connectivity index (χ1v) is 8.23. The van der Waals surface area contributed by atoms with Gasteiger partial charge in [-0.3, -0.25) is 15.6 Å². The second-order valence-electron chi connectivity index (χ2n) is 7.03. The molecule has 2 atom stereocenters. The van der Waals surface area contributed by atoms with Crippen LogP contribution in [0.1, 0.15) is 19.8 Å². The summed E-state index contributed by atoms with van der Waals surface area (Å²) in [4.78, 5) is 25.0. The third-order valence-electron chi connectivity index (χ3n) is 5.23. The van der Waals surface area contributed by atoms with E-state index in [4.69, 9.17) is 0 Å². The number of amides is 1. The van der Waals surface area contributed by atoms with E-state index in [0.717, 1.165) is 31.9 Å². The summed E-state index contributed by atoms with van der Waals surface area (Å²) in [5, 5.41) is 0. The molecule has 3 rings (SSSR count). The SMILES string of the molecule is CN(C)C(=O)C1CNNC1C1(C)CCN(c2ncccn2)CC1. The summed E-state index contributed by atoms with van der Waals surface area (Å²) < 4.78 is 0. The highest BCUT2D eigenvalue weighted by Crippen LogP contribution is 2.39. The lowest BCUT2D eigenvalue weighted by atomic mass is 9.70. The third kappa shape index (κ3) is 3.16. The van der Waals surface area contributed by atoms with Crippen LogP contribution in [0.5, 0.6) is 0 Å². The Kier molecular flexibility index (Phi) is 4.50. The summed E-state index contributed by atoms with van der Waals surface area (Å²) in [6.07, 6.45) is 5.60. The van der Waals surface area contributed by atoms with Gasteiger partial charge in [0.15, 0.2) is 0 Å². The maximum absolute atomic E-state index is 12.4. The van der Waals surface area contributed by atoms with Gasteiger partial charge in [0.2, 0.25) is 11.9 Å². The van der Waals surface area contributed by atoms with Crippen LogP contribution in [-0.2, 0) is 4.79 Å². The van der Waals surface area contributed by atoms with Crippen LogP contribution in [-0.4, -0.2) is 60.5 Å². The van der Waals surface area contributed by atoms with Gasteiger partial charge >= 0.3 is 0 Å². The van der Waals surface area contributed by atoms with Crippen LogP contribution < -0.4 is 15.8 Å². The Morgan fingerprint density at radius 2 is 1.96 bits per heavy atom. The number of carbonyl (C=O) groups is 1. The lowest BCUT2D eigenvalue weighted by Crippen LogP contribution is -2.53. The average molecular weight is 318 g/mol. The number of anilines is 1. The molecule has 3 heterocycles. The molecule has 2 aliphatic rings. The largest absolute Gasteiger partial charge is 0.348 e. The van der Waals surface area contributed by atoms with E-state index < -0.39 is 0 Å². The van der Waals surface area contributed by atoms with Crippen molar-refractivity contribution in [1.82, 2.24) is 25.7 Å². The third-order valence-corrected chi connectivity index (χ3v) is 5.23. The highest BCUT2D eigenvalue weighted by atomic mass is 16.2. The molecule has 2 fully saturated rings. The molecule has 2 N–H and O–H groups in total. The number of rotatable bonds is 3. The van der Waals surface area contributed by atoms with Crippen molar-refractivity contribution in [2.75, 3.05) is 38.6 Å². The van der Waals surface area contributed by atoms with Crippen molar-refractivity contribution in [2.24, 2.45) is 11.3 Å². The zero-order chi connectivity index (χ0) is 16.4. The average Bonchev–Trinajstić information content (AvgIpc) is 3.06. The van der Waals surface area contributed by atoms with Crippen molar-refractivity contribution in [3.05, 3.63) is 18.5 Å². The molecule has 1 amide bonds. The molecule has 0 radical (unpaired) electrons. The van der Waals surface area contributed by atoms with Gasteiger partial charge in [-0.2, -0.15) is 0 Å². The van der Waals surface area contributed by atoms with Crippen LogP contribution in [0.25, 0.3) is 0 Å². The summed E-state index contributed by atoms with van der Waals surface area (Å²) in [5.74, 6) is 0.991. The number of nitrogens with one attached hydrogen (secondary N) is 2. The maximum Gasteiger partial charge on any atom is 0.228 e. The van der Waals surface area contributed by atoms with Gasteiger partial charge in [0.05, 0.1) is 5.92 Å². The summed E-state index contributed by atoms with van der Waals surface area (Å²) >= 11 is 0. The van der Waals surface area contributed by atoms with Crippen molar-refractivity contribution in [2.45, 2.75) is 25.8 Å². The van der Waals surface area contributed by atoms with Crippen molar-refractivity contribution < 1.29 is 4.79 Å². The van der Waals surface area contributed by atoms with Crippen LogP contribution >= 0.6 is 0 Å². The molecule has 7 heteroatoms. The Hall–Kier alpha value is -1.73. The zero-order valence-corrected chi connectivity index (χ0v) is 14.1. The molecule has 1 aromatic heterocycles. The minimum atomic E-state index is -0.00507. The van der Waals surface area contributed by atoms with Crippen LogP contribution in [0.3, 0.4) is 0 Å².